The third kappa shape index (κ3) is 4.48. The Hall–Kier alpha value is -4.15. The number of nitro groups is 1. The van der Waals surface area contributed by atoms with Crippen molar-refractivity contribution in [2.75, 3.05) is 0 Å². The molecule has 2 N–H and O–H groups in total. The largest absolute Gasteiger partial charge is 0.271 e. The Morgan fingerprint density at radius 2 is 1.74 bits per heavy atom. The van der Waals surface area contributed by atoms with E-state index < -0.39 is 16.7 Å². The lowest BCUT2D eigenvalue weighted by Gasteiger charge is -2.06. The summed E-state index contributed by atoms with van der Waals surface area (Å²) >= 11 is 0. The van der Waals surface area contributed by atoms with Gasteiger partial charge in [-0.15, -0.1) is 10.2 Å². The first-order chi connectivity index (χ1) is 13.0. The van der Waals surface area contributed by atoms with Gasteiger partial charge in [-0.2, -0.15) is 4.80 Å². The Bertz CT molecular complexity index is 970. The van der Waals surface area contributed by atoms with Gasteiger partial charge in [0.25, 0.3) is 17.5 Å². The molecule has 0 fully saturated rings. The Morgan fingerprint density at radius 1 is 1.04 bits per heavy atom. The molecule has 0 aliphatic heterocycles. The first kappa shape index (κ1) is 17.7. The van der Waals surface area contributed by atoms with Crippen LogP contribution in [0.5, 0.6) is 0 Å². The molecule has 0 spiro atoms. The van der Waals surface area contributed by atoms with Crippen LogP contribution in [0.15, 0.2) is 54.6 Å². The molecule has 1 aromatic heterocycles. The summed E-state index contributed by atoms with van der Waals surface area (Å²) < 4.78 is 0. The Kier molecular flexibility index (Phi) is 5.12. The lowest BCUT2D eigenvalue weighted by Crippen LogP contribution is -2.43. The summed E-state index contributed by atoms with van der Waals surface area (Å²) in [6, 6.07) is 14.1. The molecule has 3 rings (SSSR count). The average molecular weight is 367 g/mol. The quantitative estimate of drug-likeness (QED) is 0.499. The van der Waals surface area contributed by atoms with Gasteiger partial charge in [-0.1, -0.05) is 30.3 Å². The van der Waals surface area contributed by atoms with Gasteiger partial charge in [0.2, 0.25) is 5.82 Å². The molecule has 0 aliphatic rings. The van der Waals surface area contributed by atoms with Crippen LogP contribution < -0.4 is 10.9 Å². The topological polar surface area (TPSA) is 145 Å². The van der Waals surface area contributed by atoms with E-state index in [0.717, 1.165) is 10.4 Å². The highest BCUT2D eigenvalue weighted by atomic mass is 16.6. The van der Waals surface area contributed by atoms with Gasteiger partial charge in [0.1, 0.15) is 6.54 Å². The lowest BCUT2D eigenvalue weighted by atomic mass is 10.2. The van der Waals surface area contributed by atoms with Crippen LogP contribution in [0, 0.1) is 10.1 Å². The number of amides is 2. The number of carbonyl (C=O) groups is 2. The van der Waals surface area contributed by atoms with Crippen molar-refractivity contribution in [2.45, 2.75) is 6.54 Å². The van der Waals surface area contributed by atoms with Crippen LogP contribution in [0.4, 0.5) is 5.69 Å². The zero-order valence-electron chi connectivity index (χ0n) is 13.8. The highest BCUT2D eigenvalue weighted by molar-refractivity contribution is 5.95. The van der Waals surface area contributed by atoms with Gasteiger partial charge in [-0.05, 0) is 17.3 Å². The number of non-ortho nitro benzene ring substituents is 1. The van der Waals surface area contributed by atoms with E-state index in [1.54, 1.807) is 0 Å². The minimum Gasteiger partial charge on any atom is -0.271 e. The van der Waals surface area contributed by atoms with Gasteiger partial charge in [0, 0.05) is 23.3 Å². The van der Waals surface area contributed by atoms with Gasteiger partial charge < -0.3 is 0 Å². The standard InChI is InChI=1S/C16H13N7O4/c24-14(10-22-20-15(18-21-22)11-4-2-1-3-5-11)17-19-16(25)12-6-8-13(9-7-12)23(26)27/h1-9H,10H2,(H,17,24)(H,19,25). The van der Waals surface area contributed by atoms with Crippen molar-refractivity contribution in [2.24, 2.45) is 0 Å². The minimum absolute atomic E-state index is 0.137. The fourth-order valence-corrected chi connectivity index (χ4v) is 2.11. The van der Waals surface area contributed by atoms with Crippen molar-refractivity contribution < 1.29 is 14.5 Å². The molecule has 0 radical (unpaired) electrons. The normalized spacial score (nSPS) is 10.2. The summed E-state index contributed by atoms with van der Waals surface area (Å²) in [7, 11) is 0. The predicted octanol–water partition coefficient (Wildman–Crippen LogP) is 0.709. The van der Waals surface area contributed by atoms with Gasteiger partial charge in [0.15, 0.2) is 0 Å². The molecule has 0 saturated carbocycles. The molecule has 0 aliphatic carbocycles. The highest BCUT2D eigenvalue weighted by Gasteiger charge is 2.12. The van der Waals surface area contributed by atoms with Crippen molar-refractivity contribution in [1.82, 2.24) is 31.1 Å². The van der Waals surface area contributed by atoms with Gasteiger partial charge in [-0.25, -0.2) is 0 Å². The van der Waals surface area contributed by atoms with Crippen molar-refractivity contribution in [1.29, 1.82) is 0 Å². The molecule has 11 heteroatoms. The van der Waals surface area contributed by atoms with E-state index in [1.165, 1.54) is 24.3 Å². The van der Waals surface area contributed by atoms with Crippen LogP contribution in [0.1, 0.15) is 10.4 Å². The number of aromatic nitrogens is 4. The van der Waals surface area contributed by atoms with Crippen LogP contribution >= 0.6 is 0 Å². The molecule has 0 atom stereocenters. The van der Waals surface area contributed by atoms with Crippen molar-refractivity contribution in [3.63, 3.8) is 0 Å². The Morgan fingerprint density at radius 3 is 2.41 bits per heavy atom. The van der Waals surface area contributed by atoms with E-state index in [1.807, 2.05) is 30.3 Å². The van der Waals surface area contributed by atoms with E-state index in [-0.39, 0.29) is 17.8 Å². The van der Waals surface area contributed by atoms with Crippen LogP contribution in [0.3, 0.4) is 0 Å². The molecule has 27 heavy (non-hydrogen) atoms. The third-order valence-corrected chi connectivity index (χ3v) is 3.43. The molecule has 1 heterocycles. The van der Waals surface area contributed by atoms with E-state index in [4.69, 9.17) is 0 Å². The number of nitrogens with one attached hydrogen (secondary N) is 2. The first-order valence-corrected chi connectivity index (χ1v) is 7.70. The average Bonchev–Trinajstić information content (AvgIpc) is 3.15. The maximum atomic E-state index is 11.9. The number of hydrogen-bond donors (Lipinski definition) is 2. The first-order valence-electron chi connectivity index (χ1n) is 7.70. The molecule has 0 saturated heterocycles. The SMILES string of the molecule is O=C(Cn1nnc(-c2ccccc2)n1)NNC(=O)c1ccc([N+](=O)[O-])cc1. The van der Waals surface area contributed by atoms with Crippen LogP contribution in [-0.4, -0.2) is 36.9 Å². The predicted molar refractivity (Wildman–Crippen MR) is 92.0 cm³/mol. The van der Waals surface area contributed by atoms with Crippen LogP contribution in [0.25, 0.3) is 11.4 Å². The number of carbonyl (C=O) groups excluding carboxylic acids is 2. The van der Waals surface area contributed by atoms with E-state index in [9.17, 15) is 19.7 Å². The molecule has 2 amide bonds. The number of nitrogens with zero attached hydrogens (tertiary/aromatic N) is 5. The lowest BCUT2D eigenvalue weighted by molar-refractivity contribution is -0.384. The van der Waals surface area contributed by atoms with Crippen molar-refractivity contribution in [3.05, 3.63) is 70.3 Å². The monoisotopic (exact) mass is 367 g/mol. The molecular formula is C16H13N7O4. The summed E-state index contributed by atoms with van der Waals surface area (Å²) in [5, 5.41) is 22.3. The summed E-state index contributed by atoms with van der Waals surface area (Å²) in [6.07, 6.45) is 0. The second kappa shape index (κ2) is 7.82. The van der Waals surface area contributed by atoms with Crippen molar-refractivity contribution in [3.8, 4) is 11.4 Å². The summed E-state index contributed by atoms with van der Waals surface area (Å²) in [5.74, 6) is -0.810. The molecule has 2 aromatic carbocycles. The molecule has 11 nitrogen and oxygen atoms in total. The third-order valence-electron chi connectivity index (χ3n) is 3.43. The van der Waals surface area contributed by atoms with Gasteiger partial charge in [0.05, 0.1) is 4.92 Å². The van der Waals surface area contributed by atoms with E-state index in [0.29, 0.717) is 5.82 Å². The number of nitro benzene ring substituents is 1. The minimum atomic E-state index is -0.616. The Balaban J connectivity index is 1.53. The zero-order valence-corrected chi connectivity index (χ0v) is 13.8. The second-order valence-electron chi connectivity index (χ2n) is 5.32. The second-order valence-corrected chi connectivity index (χ2v) is 5.32. The summed E-state index contributed by atoms with van der Waals surface area (Å²) in [4.78, 5) is 34.9. The number of rotatable bonds is 5. The van der Waals surface area contributed by atoms with Gasteiger partial charge >= 0.3 is 0 Å². The molecule has 3 aromatic rings. The maximum Gasteiger partial charge on any atom is 0.269 e. The fraction of sp³-hybridized carbons (Fsp3) is 0.0625. The highest BCUT2D eigenvalue weighted by Crippen LogP contribution is 2.12. The smallest absolute Gasteiger partial charge is 0.269 e. The van der Waals surface area contributed by atoms with E-state index in [2.05, 4.69) is 26.3 Å². The number of hydrogen-bond acceptors (Lipinski definition) is 7. The Labute approximate surface area is 152 Å². The molecule has 0 bridgehead atoms. The molecule has 0 unspecified atom stereocenters. The molecular weight excluding hydrogens is 354 g/mol. The van der Waals surface area contributed by atoms with Gasteiger partial charge in [-0.3, -0.25) is 30.6 Å². The van der Waals surface area contributed by atoms with Crippen molar-refractivity contribution >= 4 is 17.5 Å². The number of hydrazine groups is 1. The fourth-order valence-electron chi connectivity index (χ4n) is 2.11. The van der Waals surface area contributed by atoms with Crippen LogP contribution in [-0.2, 0) is 11.3 Å². The van der Waals surface area contributed by atoms with E-state index >= 15 is 0 Å². The zero-order chi connectivity index (χ0) is 19.2. The maximum absolute atomic E-state index is 11.9. The summed E-state index contributed by atoms with van der Waals surface area (Å²) in [5.41, 5.74) is 5.20. The number of tetrazole rings is 1. The summed E-state index contributed by atoms with van der Waals surface area (Å²) in [6.45, 7) is -0.250. The molecule has 136 valence electrons. The number of benzene rings is 2. The van der Waals surface area contributed by atoms with Crippen LogP contribution in [0.2, 0.25) is 0 Å².